The van der Waals surface area contributed by atoms with Crippen LogP contribution in [0.2, 0.25) is 0 Å². The van der Waals surface area contributed by atoms with Crippen LogP contribution in [0.25, 0.3) is 0 Å². The van der Waals surface area contributed by atoms with Crippen LogP contribution in [0, 0.1) is 12.3 Å². The first-order valence-electron chi connectivity index (χ1n) is 24.2. The highest BCUT2D eigenvalue weighted by molar-refractivity contribution is 5.99. The van der Waals surface area contributed by atoms with Gasteiger partial charge in [-0.3, -0.25) is 9.59 Å². The van der Waals surface area contributed by atoms with E-state index in [9.17, 15) is 24.9 Å². The maximum Gasteiger partial charge on any atom is 0.321 e. The Kier molecular flexibility index (Phi) is 29.6. The standard InChI is InChI=1S/C51H92O5/c1-7-9-11-13-15-17-19-21-23-25-27-29-31-33-35-37-39-45(44-41-43(3)47(52)46(42-44)50(4,5)6)51(48(53)54,49(55)56)40-38-36-34-32-30-28-26-24-22-20-18-16-14-12-10-8-2/h41-42,45,52H,7-40H2,1-6H3,(H,53,54)(H,55,56). The van der Waals surface area contributed by atoms with Crippen molar-refractivity contribution in [1.82, 2.24) is 0 Å². The number of phenolic OH excluding ortho intramolecular Hbond substituents is 1. The molecule has 56 heavy (non-hydrogen) atoms. The fourth-order valence-corrected chi connectivity index (χ4v) is 8.90. The molecule has 5 heteroatoms. The Bertz CT molecular complexity index is 1120. The third-order valence-corrected chi connectivity index (χ3v) is 12.7. The number of hydrogen-bond acceptors (Lipinski definition) is 3. The summed E-state index contributed by atoms with van der Waals surface area (Å²) in [4.78, 5) is 26.5. The minimum absolute atomic E-state index is 0.129. The molecule has 1 aromatic rings. The maximum atomic E-state index is 13.2. The number of aryl methyl sites for hydroxylation is 1. The summed E-state index contributed by atoms with van der Waals surface area (Å²) in [7, 11) is 0. The summed E-state index contributed by atoms with van der Waals surface area (Å²) in [5.74, 6) is -2.90. The summed E-state index contributed by atoms with van der Waals surface area (Å²) in [6, 6.07) is 3.77. The summed E-state index contributed by atoms with van der Waals surface area (Å²) >= 11 is 0. The largest absolute Gasteiger partial charge is 0.507 e. The molecule has 1 atom stereocenters. The van der Waals surface area contributed by atoms with Crippen LogP contribution >= 0.6 is 0 Å². The monoisotopic (exact) mass is 785 g/mol. The summed E-state index contributed by atoms with van der Waals surface area (Å²) in [6.45, 7) is 12.5. The Balaban J connectivity index is 2.71. The Morgan fingerprint density at radius 1 is 0.500 bits per heavy atom. The molecule has 326 valence electrons. The van der Waals surface area contributed by atoms with Gasteiger partial charge in [0.1, 0.15) is 5.75 Å². The van der Waals surface area contributed by atoms with Gasteiger partial charge in [0.2, 0.25) is 0 Å². The van der Waals surface area contributed by atoms with Gasteiger partial charge in [-0.05, 0) is 41.9 Å². The van der Waals surface area contributed by atoms with Crippen molar-refractivity contribution in [1.29, 1.82) is 0 Å². The van der Waals surface area contributed by atoms with Gasteiger partial charge < -0.3 is 15.3 Å². The second-order valence-electron chi connectivity index (χ2n) is 18.8. The molecule has 0 aromatic heterocycles. The van der Waals surface area contributed by atoms with Crippen molar-refractivity contribution in [2.75, 3.05) is 0 Å². The van der Waals surface area contributed by atoms with Crippen LogP contribution in [-0.4, -0.2) is 27.3 Å². The molecule has 0 aliphatic carbocycles. The van der Waals surface area contributed by atoms with Gasteiger partial charge in [-0.25, -0.2) is 0 Å². The maximum absolute atomic E-state index is 13.2. The topological polar surface area (TPSA) is 94.8 Å². The van der Waals surface area contributed by atoms with Crippen molar-refractivity contribution in [3.05, 3.63) is 28.8 Å². The van der Waals surface area contributed by atoms with Crippen LogP contribution in [0.15, 0.2) is 12.1 Å². The van der Waals surface area contributed by atoms with Gasteiger partial charge in [-0.1, -0.05) is 252 Å². The van der Waals surface area contributed by atoms with Crippen molar-refractivity contribution in [3.8, 4) is 5.75 Å². The van der Waals surface area contributed by atoms with Crippen molar-refractivity contribution >= 4 is 11.9 Å². The van der Waals surface area contributed by atoms with E-state index in [0.717, 1.165) is 49.7 Å². The van der Waals surface area contributed by atoms with Crippen LogP contribution in [-0.2, 0) is 15.0 Å². The van der Waals surface area contributed by atoms with E-state index in [1.54, 1.807) is 0 Å². The molecule has 1 rings (SSSR count). The van der Waals surface area contributed by atoms with Crippen LogP contribution in [0.3, 0.4) is 0 Å². The number of unbranched alkanes of at least 4 members (excludes halogenated alkanes) is 30. The fraction of sp³-hybridized carbons (Fsp3) is 0.843. The molecule has 0 radical (unpaired) electrons. The summed E-state index contributed by atoms with van der Waals surface area (Å²) < 4.78 is 0. The molecule has 0 bridgehead atoms. The van der Waals surface area contributed by atoms with E-state index in [4.69, 9.17) is 0 Å². The predicted octanol–water partition coefficient (Wildman–Crippen LogP) is 16.5. The quantitative estimate of drug-likeness (QED) is 0.0458. The van der Waals surface area contributed by atoms with E-state index in [2.05, 4.69) is 13.8 Å². The first-order valence-corrected chi connectivity index (χ1v) is 24.2. The predicted molar refractivity (Wildman–Crippen MR) is 240 cm³/mol. The van der Waals surface area contributed by atoms with Gasteiger partial charge in [0.15, 0.2) is 5.41 Å². The first-order chi connectivity index (χ1) is 26.9. The number of carboxylic acid groups (broad SMARTS) is 2. The molecule has 0 spiro atoms. The van der Waals surface area contributed by atoms with Crippen LogP contribution in [0.5, 0.6) is 5.75 Å². The lowest BCUT2D eigenvalue weighted by Crippen LogP contribution is -2.45. The second kappa shape index (κ2) is 31.9. The minimum Gasteiger partial charge on any atom is -0.507 e. The van der Waals surface area contributed by atoms with E-state index in [1.807, 2.05) is 39.8 Å². The second-order valence-corrected chi connectivity index (χ2v) is 18.8. The van der Waals surface area contributed by atoms with E-state index < -0.39 is 23.3 Å². The van der Waals surface area contributed by atoms with Crippen molar-refractivity contribution < 1.29 is 24.9 Å². The molecule has 0 fully saturated rings. The summed E-state index contributed by atoms with van der Waals surface area (Å²) in [6.07, 6.45) is 40.5. The third kappa shape index (κ3) is 21.6. The molecule has 0 aliphatic rings. The SMILES string of the molecule is CCCCCCCCCCCCCCCCCCC(c1cc(C)c(O)c(C(C)(C)C)c1)C(CCCCCCCCCCCCCCCCCC)(C(=O)O)C(=O)O. The molecule has 5 nitrogen and oxygen atoms in total. The van der Waals surface area contributed by atoms with Gasteiger partial charge >= 0.3 is 11.9 Å². The van der Waals surface area contributed by atoms with Crippen LogP contribution in [0.1, 0.15) is 276 Å². The Hall–Kier alpha value is -2.04. The highest BCUT2D eigenvalue weighted by Crippen LogP contribution is 2.47. The van der Waals surface area contributed by atoms with Crippen molar-refractivity contribution in [3.63, 3.8) is 0 Å². The molecule has 0 saturated carbocycles. The van der Waals surface area contributed by atoms with Crippen molar-refractivity contribution in [2.45, 2.75) is 271 Å². The van der Waals surface area contributed by atoms with Gasteiger partial charge in [-0.2, -0.15) is 0 Å². The molecular weight excluding hydrogens is 693 g/mol. The van der Waals surface area contributed by atoms with Crippen LogP contribution in [0.4, 0.5) is 0 Å². The number of carbonyl (C=O) groups is 2. The summed E-state index contributed by atoms with van der Waals surface area (Å²) in [5, 5.41) is 32.6. The molecule has 0 saturated heterocycles. The van der Waals surface area contributed by atoms with Crippen LogP contribution < -0.4 is 0 Å². The molecule has 1 unspecified atom stereocenters. The zero-order valence-corrected chi connectivity index (χ0v) is 37.9. The Labute approximate surface area is 347 Å². The first kappa shape index (κ1) is 52.0. The number of rotatable bonds is 38. The van der Waals surface area contributed by atoms with Gasteiger partial charge in [0.25, 0.3) is 0 Å². The number of carboxylic acids is 2. The van der Waals surface area contributed by atoms with Crippen molar-refractivity contribution in [2.24, 2.45) is 5.41 Å². The minimum atomic E-state index is -1.90. The molecule has 3 N–H and O–H groups in total. The highest BCUT2D eigenvalue weighted by atomic mass is 16.4. The number of hydrogen-bond donors (Lipinski definition) is 3. The smallest absolute Gasteiger partial charge is 0.321 e. The summed E-state index contributed by atoms with van der Waals surface area (Å²) in [5.41, 5.74) is -0.1000. The third-order valence-electron chi connectivity index (χ3n) is 12.7. The van der Waals surface area contributed by atoms with Gasteiger partial charge in [0.05, 0.1) is 0 Å². The number of benzene rings is 1. The number of phenols is 1. The zero-order chi connectivity index (χ0) is 41.5. The lowest BCUT2D eigenvalue weighted by Gasteiger charge is -2.35. The number of aromatic hydroxyl groups is 1. The zero-order valence-electron chi connectivity index (χ0n) is 37.9. The lowest BCUT2D eigenvalue weighted by atomic mass is 9.66. The van der Waals surface area contributed by atoms with E-state index >= 15 is 0 Å². The average Bonchev–Trinajstić information content (AvgIpc) is 3.15. The average molecular weight is 785 g/mol. The van der Waals surface area contributed by atoms with Gasteiger partial charge in [-0.15, -0.1) is 0 Å². The molecule has 0 heterocycles. The number of aliphatic carboxylic acids is 2. The Morgan fingerprint density at radius 2 is 0.804 bits per heavy atom. The van der Waals surface area contributed by atoms with Gasteiger partial charge in [0, 0.05) is 5.92 Å². The highest BCUT2D eigenvalue weighted by Gasteiger charge is 2.53. The lowest BCUT2D eigenvalue weighted by molar-refractivity contribution is -0.167. The van der Waals surface area contributed by atoms with E-state index in [0.29, 0.717) is 18.4 Å². The van der Waals surface area contributed by atoms with E-state index in [-0.39, 0.29) is 17.6 Å². The normalized spacial score (nSPS) is 12.7. The molecule has 1 aromatic carbocycles. The molecular formula is C51H92O5. The van der Waals surface area contributed by atoms with E-state index in [1.165, 1.54) is 161 Å². The fourth-order valence-electron chi connectivity index (χ4n) is 8.90. The Morgan fingerprint density at radius 3 is 1.11 bits per heavy atom. The molecule has 0 aliphatic heterocycles. The molecule has 0 amide bonds.